The van der Waals surface area contributed by atoms with E-state index in [1.165, 1.54) is 58.2 Å². The standard InChI is InChI=1S/C12H27N.2Au.ClH/c1-4-7-10-13(11-8-5-2)12-9-6-3;;;/h4-12H2,1-3H3;;;1H/q;;+1;/p-1. The van der Waals surface area contributed by atoms with Crippen molar-refractivity contribution in [2.24, 2.45) is 0 Å². The van der Waals surface area contributed by atoms with E-state index in [0.717, 1.165) is 0 Å². The number of unbranched alkanes of at least 4 members (excludes halogenated alkanes) is 3. The average Bonchev–Trinajstić information content (AvgIpc) is 2.17. The van der Waals surface area contributed by atoms with E-state index in [2.05, 4.69) is 25.7 Å². The normalized spacial score (nSPS) is 9.00. The van der Waals surface area contributed by atoms with E-state index in [4.69, 9.17) is 0 Å². The Balaban J connectivity index is -0.000000240. The molecule has 0 unspecified atom stereocenters. The molecule has 0 aromatic heterocycles. The molecule has 16 heavy (non-hydrogen) atoms. The fraction of sp³-hybridized carbons (Fsp3) is 1.00. The molecule has 109 valence electrons. The minimum absolute atomic E-state index is 0. The summed E-state index contributed by atoms with van der Waals surface area (Å²) < 4.78 is 0. The molecule has 0 aromatic carbocycles. The first-order valence-electron chi connectivity index (χ1n) is 6.07. The first kappa shape index (κ1) is 26.3. The molecule has 0 spiro atoms. The second-order valence-corrected chi connectivity index (χ2v) is 3.90. The molecule has 0 bridgehead atoms. The van der Waals surface area contributed by atoms with Crippen molar-refractivity contribution in [3.63, 3.8) is 0 Å². The van der Waals surface area contributed by atoms with Crippen LogP contribution in [0.25, 0.3) is 0 Å². The fourth-order valence-corrected chi connectivity index (χ4v) is 1.48. The minimum atomic E-state index is 0. The third-order valence-corrected chi connectivity index (χ3v) is 2.48. The Kier molecular flexibility index (Phi) is 36.1. The molecule has 0 atom stereocenters. The monoisotopic (exact) mass is 614 g/mol. The number of hydrogen-bond donors (Lipinski definition) is 0. The van der Waals surface area contributed by atoms with Gasteiger partial charge in [0.05, 0.1) is 0 Å². The zero-order valence-electron chi connectivity index (χ0n) is 10.8. The molecule has 0 saturated heterocycles. The Morgan fingerprint density at radius 1 is 0.688 bits per heavy atom. The van der Waals surface area contributed by atoms with Gasteiger partial charge in [-0.05, 0) is 38.9 Å². The SMILES string of the molecule is CCCCN(CCCC)CCCC.[Au+].[Au].[Cl-]. The third kappa shape index (κ3) is 18.1. The first-order valence-corrected chi connectivity index (χ1v) is 6.07. The second kappa shape index (κ2) is 22.0. The van der Waals surface area contributed by atoms with Gasteiger partial charge in [0.15, 0.2) is 0 Å². The molecule has 4 heteroatoms. The van der Waals surface area contributed by atoms with E-state index in [-0.39, 0.29) is 57.2 Å². The van der Waals surface area contributed by atoms with Crippen molar-refractivity contribution in [3.8, 4) is 0 Å². The molecule has 1 nitrogen and oxygen atoms in total. The maximum Gasteiger partial charge on any atom is 1.00 e. The molecular formula is C12H27Au2ClN. The van der Waals surface area contributed by atoms with Crippen molar-refractivity contribution in [2.45, 2.75) is 59.3 Å². The van der Waals surface area contributed by atoms with Crippen LogP contribution in [0.1, 0.15) is 59.3 Å². The van der Waals surface area contributed by atoms with Crippen LogP contribution in [0.2, 0.25) is 0 Å². The quantitative estimate of drug-likeness (QED) is 0.346. The van der Waals surface area contributed by atoms with Crippen molar-refractivity contribution >= 4 is 0 Å². The fourth-order valence-electron chi connectivity index (χ4n) is 1.48. The summed E-state index contributed by atoms with van der Waals surface area (Å²) in [6.45, 7) is 10.8. The summed E-state index contributed by atoms with van der Waals surface area (Å²) in [5.41, 5.74) is 0. The summed E-state index contributed by atoms with van der Waals surface area (Å²) in [6.07, 6.45) is 8.09. The molecule has 0 aromatic rings. The van der Waals surface area contributed by atoms with Gasteiger partial charge >= 0.3 is 22.4 Å². The van der Waals surface area contributed by atoms with Crippen molar-refractivity contribution in [3.05, 3.63) is 0 Å². The van der Waals surface area contributed by atoms with Crippen LogP contribution in [0, 0.1) is 0 Å². The van der Waals surface area contributed by atoms with Gasteiger partial charge in [-0.3, -0.25) is 0 Å². The van der Waals surface area contributed by atoms with Gasteiger partial charge in [-0.1, -0.05) is 40.0 Å². The Bertz CT molecular complexity index is 86.0. The van der Waals surface area contributed by atoms with Gasteiger partial charge in [-0.15, -0.1) is 0 Å². The van der Waals surface area contributed by atoms with Crippen molar-refractivity contribution in [2.75, 3.05) is 19.6 Å². The summed E-state index contributed by atoms with van der Waals surface area (Å²) in [7, 11) is 0. The number of hydrogen-bond acceptors (Lipinski definition) is 1. The Hall–Kier alpha value is 1.73. The van der Waals surface area contributed by atoms with E-state index < -0.39 is 0 Å². The largest absolute Gasteiger partial charge is 1.00 e. The van der Waals surface area contributed by atoms with Crippen LogP contribution in [0.5, 0.6) is 0 Å². The van der Waals surface area contributed by atoms with Crippen LogP contribution in [0.4, 0.5) is 0 Å². The Morgan fingerprint density at radius 3 is 1.12 bits per heavy atom. The van der Waals surface area contributed by atoms with Gasteiger partial charge in [0.2, 0.25) is 0 Å². The average molecular weight is 615 g/mol. The van der Waals surface area contributed by atoms with Gasteiger partial charge in [-0.2, -0.15) is 0 Å². The molecule has 0 heterocycles. The molecule has 0 saturated carbocycles. The maximum absolute atomic E-state index is 2.64. The number of nitrogens with zero attached hydrogens (tertiary/aromatic N) is 1. The van der Waals surface area contributed by atoms with Crippen LogP contribution in [-0.2, 0) is 44.8 Å². The molecule has 0 aliphatic rings. The predicted molar refractivity (Wildman–Crippen MR) is 61.2 cm³/mol. The summed E-state index contributed by atoms with van der Waals surface area (Å²) in [6, 6.07) is 0. The van der Waals surface area contributed by atoms with Crippen LogP contribution >= 0.6 is 0 Å². The third-order valence-electron chi connectivity index (χ3n) is 2.48. The Morgan fingerprint density at radius 2 is 0.938 bits per heavy atom. The second-order valence-electron chi connectivity index (χ2n) is 3.90. The minimum Gasteiger partial charge on any atom is -1.00 e. The van der Waals surface area contributed by atoms with Crippen LogP contribution in [0.3, 0.4) is 0 Å². The van der Waals surface area contributed by atoms with Gasteiger partial charge in [-0.25, -0.2) is 0 Å². The van der Waals surface area contributed by atoms with Crippen LogP contribution in [-0.4, -0.2) is 24.5 Å². The van der Waals surface area contributed by atoms with Gasteiger partial charge in [0, 0.05) is 22.4 Å². The molecule has 0 N–H and O–H groups in total. The molecule has 0 amide bonds. The van der Waals surface area contributed by atoms with Gasteiger partial charge < -0.3 is 17.3 Å². The first-order chi connectivity index (χ1) is 6.35. The molecular weight excluding hydrogens is 588 g/mol. The van der Waals surface area contributed by atoms with Gasteiger partial charge in [0.25, 0.3) is 0 Å². The van der Waals surface area contributed by atoms with E-state index >= 15 is 0 Å². The van der Waals surface area contributed by atoms with Crippen LogP contribution < -0.4 is 12.4 Å². The summed E-state index contributed by atoms with van der Waals surface area (Å²) >= 11 is 0. The molecule has 1 radical (unpaired) electrons. The van der Waals surface area contributed by atoms with E-state index in [1.807, 2.05) is 0 Å². The predicted octanol–water partition coefficient (Wildman–Crippen LogP) is 0.688. The van der Waals surface area contributed by atoms with E-state index in [0.29, 0.717) is 0 Å². The summed E-state index contributed by atoms with van der Waals surface area (Å²) in [5, 5.41) is 0. The zero-order valence-corrected chi connectivity index (χ0v) is 15.9. The van der Waals surface area contributed by atoms with Crippen molar-refractivity contribution in [1.82, 2.24) is 4.90 Å². The van der Waals surface area contributed by atoms with E-state index in [9.17, 15) is 0 Å². The van der Waals surface area contributed by atoms with Crippen molar-refractivity contribution < 1.29 is 57.2 Å². The number of halogens is 1. The number of rotatable bonds is 9. The Labute approximate surface area is 140 Å². The molecule has 0 fully saturated rings. The topological polar surface area (TPSA) is 3.24 Å². The smallest absolute Gasteiger partial charge is 1.00 e. The maximum atomic E-state index is 2.64. The summed E-state index contributed by atoms with van der Waals surface area (Å²) in [5.74, 6) is 0. The summed E-state index contributed by atoms with van der Waals surface area (Å²) in [4.78, 5) is 2.64. The molecule has 0 aliphatic carbocycles. The van der Waals surface area contributed by atoms with Crippen molar-refractivity contribution in [1.29, 1.82) is 0 Å². The zero-order chi connectivity index (χ0) is 9.94. The van der Waals surface area contributed by atoms with Crippen LogP contribution in [0.15, 0.2) is 0 Å². The van der Waals surface area contributed by atoms with E-state index in [1.54, 1.807) is 0 Å². The molecule has 0 rings (SSSR count). The molecule has 0 aliphatic heterocycles. The van der Waals surface area contributed by atoms with Gasteiger partial charge in [0.1, 0.15) is 0 Å².